The summed E-state index contributed by atoms with van der Waals surface area (Å²) < 4.78 is 29.8. The van der Waals surface area contributed by atoms with Gasteiger partial charge < -0.3 is 28.8 Å². The van der Waals surface area contributed by atoms with Gasteiger partial charge in [-0.05, 0) is 34.3 Å². The Hall–Kier alpha value is -2.53. The van der Waals surface area contributed by atoms with Crippen molar-refractivity contribution in [1.82, 2.24) is 19.5 Å². The molecule has 0 bridgehead atoms. The molecule has 1 amide bonds. The maximum absolute atomic E-state index is 12.8. The lowest BCUT2D eigenvalue weighted by atomic mass is 10.1. The molecular weight excluding hydrogens is 569 g/mol. The highest BCUT2D eigenvalue weighted by molar-refractivity contribution is 6.84. The monoisotopic (exact) mass is 612 g/mol. The maximum Gasteiger partial charge on any atom is 0.335 e. The summed E-state index contributed by atoms with van der Waals surface area (Å²) in [5.74, 6) is 0.0310. The minimum Gasteiger partial charge on any atom is -0.414 e. The molecule has 0 radical (unpaired) electrons. The van der Waals surface area contributed by atoms with Gasteiger partial charge in [0.1, 0.15) is 12.4 Å². The molecule has 0 unspecified atom stereocenters. The molecule has 11 nitrogen and oxygen atoms in total. The van der Waals surface area contributed by atoms with Gasteiger partial charge in [0.05, 0.1) is 25.1 Å². The summed E-state index contributed by atoms with van der Waals surface area (Å²) in [4.78, 5) is 26.2. The third-order valence-electron chi connectivity index (χ3n) is 8.62. The highest BCUT2D eigenvalue weighted by Gasteiger charge is 2.61. The third kappa shape index (κ3) is 5.25. The Bertz CT molecular complexity index is 1390. The van der Waals surface area contributed by atoms with Crippen molar-refractivity contribution in [2.75, 3.05) is 11.9 Å². The van der Waals surface area contributed by atoms with Crippen LogP contribution in [0.25, 0.3) is 11.2 Å². The highest BCUT2D eigenvalue weighted by Crippen LogP contribution is 2.48. The number of carbonyl (C=O) groups excluding carboxylic acids is 1. The number of fused-ring (bicyclic) bond motifs is 2. The van der Waals surface area contributed by atoms with Gasteiger partial charge in [0.2, 0.25) is 0 Å². The van der Waals surface area contributed by atoms with Crippen LogP contribution >= 0.6 is 0 Å². The van der Waals surface area contributed by atoms with E-state index in [4.69, 9.17) is 23.4 Å². The number of nitrogens with two attached hydrogens (primary N) is 1. The molecule has 0 saturated carbocycles. The van der Waals surface area contributed by atoms with Crippen LogP contribution < -0.4 is 11.1 Å². The van der Waals surface area contributed by atoms with Crippen LogP contribution in [-0.2, 0) is 17.7 Å². The van der Waals surface area contributed by atoms with E-state index in [0.29, 0.717) is 29.2 Å². The number of hydrogen-bond donors (Lipinski definition) is 2. The summed E-state index contributed by atoms with van der Waals surface area (Å²) in [6, 6.07) is 8.42. The minimum absolute atomic E-state index is 0.174. The largest absolute Gasteiger partial charge is 0.414 e. The summed E-state index contributed by atoms with van der Waals surface area (Å²) in [7, 11) is -5.57. The number of imidazole rings is 1. The van der Waals surface area contributed by atoms with Crippen LogP contribution in [0.4, 0.5) is 5.82 Å². The molecule has 3 N–H and O–H groups in total. The molecule has 0 aliphatic carbocycles. The quantitative estimate of drug-likeness (QED) is 0.343. The molecule has 4 heterocycles. The zero-order valence-electron chi connectivity index (χ0n) is 25.8. The number of carbonyl (C=O) groups is 1. The number of anilines is 1. The van der Waals surface area contributed by atoms with Crippen LogP contribution in [0.3, 0.4) is 0 Å². The summed E-state index contributed by atoms with van der Waals surface area (Å²) >= 11 is 0. The highest BCUT2D eigenvalue weighted by atomic mass is 28.5. The first-order valence-electron chi connectivity index (χ1n) is 14.9. The van der Waals surface area contributed by atoms with Gasteiger partial charge >= 0.3 is 17.1 Å². The lowest BCUT2D eigenvalue weighted by Crippen LogP contribution is -2.66. The Morgan fingerprint density at radius 2 is 1.60 bits per heavy atom. The second kappa shape index (κ2) is 11.9. The minimum atomic E-state index is -2.86. The predicted molar refractivity (Wildman–Crippen MR) is 165 cm³/mol. The van der Waals surface area contributed by atoms with Crippen LogP contribution in [0.5, 0.6) is 0 Å². The average Bonchev–Trinajstić information content (AvgIpc) is 3.49. The molecule has 42 heavy (non-hydrogen) atoms. The fourth-order valence-electron chi connectivity index (χ4n) is 6.33. The first kappa shape index (κ1) is 30.9. The van der Waals surface area contributed by atoms with Crippen molar-refractivity contribution < 1.29 is 22.5 Å². The van der Waals surface area contributed by atoms with E-state index in [1.54, 1.807) is 23.0 Å². The Morgan fingerprint density at radius 3 is 2.21 bits per heavy atom. The van der Waals surface area contributed by atoms with Gasteiger partial charge in [-0.3, -0.25) is 9.36 Å². The Kier molecular flexibility index (Phi) is 8.74. The zero-order valence-corrected chi connectivity index (χ0v) is 27.8. The van der Waals surface area contributed by atoms with E-state index >= 15 is 0 Å². The van der Waals surface area contributed by atoms with Gasteiger partial charge in [-0.15, -0.1) is 0 Å². The first-order valence-corrected chi connectivity index (χ1v) is 18.8. The molecule has 5 rings (SSSR count). The number of nitrogens with one attached hydrogen (secondary N) is 1. The predicted octanol–water partition coefficient (Wildman–Crippen LogP) is 5.26. The average molecular weight is 613 g/mol. The number of benzene rings is 1. The van der Waals surface area contributed by atoms with Crippen LogP contribution in [0.1, 0.15) is 72.0 Å². The van der Waals surface area contributed by atoms with Crippen molar-refractivity contribution in [1.29, 1.82) is 0 Å². The first-order chi connectivity index (χ1) is 19.9. The van der Waals surface area contributed by atoms with Gasteiger partial charge in [0.25, 0.3) is 5.91 Å². The number of aromatic nitrogens is 4. The van der Waals surface area contributed by atoms with Crippen LogP contribution in [0.2, 0.25) is 22.2 Å². The standard InChI is InChI=1S/C29H44N6O5Si2/c1-17(2)41(18(3)4)37-14-22-25(39-42(40-41,19(5)6)20(7)8)23(30)29(38-22)35-16-33-24-26(31-15-32-27(24)35)34-28(36)21-12-10-9-11-13-21/h9-13,15-20,22-23,25,29H,14,30H2,1-8H3,(H,31,32,34,36)/t22-,23-,25-,29-/m1/s1. The molecule has 2 fully saturated rings. The summed E-state index contributed by atoms with van der Waals surface area (Å²) in [5, 5.41) is 2.86. The maximum atomic E-state index is 12.8. The van der Waals surface area contributed by atoms with E-state index in [-0.39, 0.29) is 34.2 Å². The van der Waals surface area contributed by atoms with Crippen molar-refractivity contribution in [2.45, 2.75) is 102 Å². The van der Waals surface area contributed by atoms with Gasteiger partial charge in [-0.1, -0.05) is 73.6 Å². The molecule has 1 aromatic carbocycles. The number of amides is 1. The molecule has 2 aromatic heterocycles. The Balaban J connectivity index is 1.49. The van der Waals surface area contributed by atoms with Crippen molar-refractivity contribution in [3.05, 3.63) is 48.5 Å². The van der Waals surface area contributed by atoms with Crippen LogP contribution in [-0.4, -0.2) is 67.4 Å². The molecule has 13 heteroatoms. The van der Waals surface area contributed by atoms with E-state index in [2.05, 4.69) is 75.7 Å². The Morgan fingerprint density at radius 1 is 0.952 bits per heavy atom. The molecule has 3 aromatic rings. The van der Waals surface area contributed by atoms with E-state index in [1.807, 2.05) is 18.2 Å². The lowest BCUT2D eigenvalue weighted by molar-refractivity contribution is -0.0546. The van der Waals surface area contributed by atoms with Gasteiger partial charge in [0, 0.05) is 5.56 Å². The fraction of sp³-hybridized carbons (Fsp3) is 0.586. The second-order valence-electron chi connectivity index (χ2n) is 12.6. The normalized spacial score (nSPS) is 25.6. The number of nitrogens with zero attached hydrogens (tertiary/aromatic N) is 4. The fourth-order valence-corrected chi connectivity index (χ4v) is 17.6. The molecule has 2 aliphatic rings. The SMILES string of the molecule is CC(C)[Si]1(C(C)C)OC[C@H]2O[C@@H](n3cnc4c(NC(=O)c5ccccc5)ncnc43)[C@H](N)[C@@H]2O[Si](C(C)C)(C(C)C)O1. The van der Waals surface area contributed by atoms with E-state index in [9.17, 15) is 4.79 Å². The second-order valence-corrected chi connectivity index (χ2v) is 21.4. The molecular formula is C29H44N6O5Si2. The number of rotatable bonds is 7. The summed E-state index contributed by atoms with van der Waals surface area (Å²) in [6.07, 6.45) is 1.60. The summed E-state index contributed by atoms with van der Waals surface area (Å²) in [5.41, 5.74) is 9.22. The zero-order chi connectivity index (χ0) is 30.4. The van der Waals surface area contributed by atoms with E-state index in [1.165, 1.54) is 6.33 Å². The molecule has 2 saturated heterocycles. The lowest BCUT2D eigenvalue weighted by Gasteiger charge is -2.51. The van der Waals surface area contributed by atoms with Gasteiger partial charge in [-0.25, -0.2) is 15.0 Å². The number of ether oxygens (including phenoxy) is 1. The smallest absolute Gasteiger partial charge is 0.335 e. The Labute approximate surface area is 250 Å². The summed E-state index contributed by atoms with van der Waals surface area (Å²) in [6.45, 7) is 17.9. The van der Waals surface area contributed by atoms with Crippen molar-refractivity contribution >= 4 is 40.0 Å². The van der Waals surface area contributed by atoms with Crippen LogP contribution in [0.15, 0.2) is 43.0 Å². The van der Waals surface area contributed by atoms with Crippen LogP contribution in [0, 0.1) is 0 Å². The third-order valence-corrected chi connectivity index (χ3v) is 18.9. The van der Waals surface area contributed by atoms with Gasteiger partial charge in [0.15, 0.2) is 23.2 Å². The van der Waals surface area contributed by atoms with E-state index in [0.717, 1.165) is 0 Å². The molecule has 4 atom stereocenters. The molecule has 228 valence electrons. The van der Waals surface area contributed by atoms with Crippen molar-refractivity contribution in [3.8, 4) is 0 Å². The van der Waals surface area contributed by atoms with Crippen molar-refractivity contribution in [2.24, 2.45) is 5.73 Å². The van der Waals surface area contributed by atoms with Gasteiger partial charge in [-0.2, -0.15) is 0 Å². The van der Waals surface area contributed by atoms with E-state index < -0.39 is 35.5 Å². The topological polar surface area (TPSA) is 136 Å². The molecule has 0 spiro atoms. The van der Waals surface area contributed by atoms with Crippen molar-refractivity contribution in [3.63, 3.8) is 0 Å². The molecule has 2 aliphatic heterocycles. The number of hydrogen-bond acceptors (Lipinski definition) is 9.